The highest BCUT2D eigenvalue weighted by Crippen LogP contribution is 2.30. The van der Waals surface area contributed by atoms with Crippen molar-refractivity contribution in [3.8, 4) is 0 Å². The Labute approximate surface area is 120 Å². The van der Waals surface area contributed by atoms with Crippen LogP contribution in [0.1, 0.15) is 24.5 Å². The Morgan fingerprint density at radius 1 is 1.35 bits per heavy atom. The molecule has 2 atom stereocenters. The van der Waals surface area contributed by atoms with E-state index in [4.69, 9.17) is 5.73 Å². The van der Waals surface area contributed by atoms with Crippen LogP contribution in [0.4, 0.5) is 5.69 Å². The maximum absolute atomic E-state index is 12.8. The van der Waals surface area contributed by atoms with Crippen molar-refractivity contribution in [2.24, 2.45) is 5.92 Å². The summed E-state index contributed by atoms with van der Waals surface area (Å²) in [7, 11) is -3.60. The van der Waals surface area contributed by atoms with Crippen LogP contribution in [0.3, 0.4) is 0 Å². The molecule has 1 fully saturated rings. The van der Waals surface area contributed by atoms with E-state index in [9.17, 15) is 13.5 Å². The number of nitrogens with two attached hydrogens (primary N) is 1. The molecule has 1 aliphatic heterocycles. The lowest BCUT2D eigenvalue weighted by molar-refractivity contribution is 0.0629. The number of aryl methyl sites for hydroxylation is 1. The van der Waals surface area contributed by atoms with Crippen LogP contribution in [0.15, 0.2) is 17.0 Å². The van der Waals surface area contributed by atoms with Gasteiger partial charge in [-0.15, -0.1) is 0 Å². The Morgan fingerprint density at radius 2 is 2.00 bits per heavy atom. The van der Waals surface area contributed by atoms with E-state index in [1.165, 1.54) is 4.31 Å². The first-order chi connectivity index (χ1) is 9.25. The van der Waals surface area contributed by atoms with Gasteiger partial charge in [0.15, 0.2) is 0 Å². The number of sulfonamides is 1. The number of anilines is 1. The molecule has 0 saturated carbocycles. The molecule has 20 heavy (non-hydrogen) atoms. The van der Waals surface area contributed by atoms with Gasteiger partial charge in [0.2, 0.25) is 10.0 Å². The monoisotopic (exact) mass is 298 g/mol. The normalized spacial score (nSPS) is 24.8. The van der Waals surface area contributed by atoms with E-state index < -0.39 is 16.1 Å². The highest BCUT2D eigenvalue weighted by molar-refractivity contribution is 7.89. The minimum atomic E-state index is -3.60. The first-order valence-electron chi connectivity index (χ1n) is 6.79. The molecule has 0 aliphatic carbocycles. The molecule has 1 aromatic carbocycles. The van der Waals surface area contributed by atoms with Gasteiger partial charge >= 0.3 is 0 Å². The molecule has 6 heteroatoms. The zero-order valence-electron chi connectivity index (χ0n) is 12.1. The quantitative estimate of drug-likeness (QED) is 0.806. The van der Waals surface area contributed by atoms with E-state index in [-0.39, 0.29) is 16.5 Å². The Bertz CT molecular complexity index is 613. The third-order valence-electron chi connectivity index (χ3n) is 4.13. The number of nitrogen functional groups attached to an aromatic ring is 1. The Balaban J connectivity index is 2.44. The predicted molar refractivity (Wildman–Crippen MR) is 78.9 cm³/mol. The van der Waals surface area contributed by atoms with Gasteiger partial charge < -0.3 is 10.8 Å². The molecule has 1 saturated heterocycles. The molecule has 0 aromatic heterocycles. The minimum Gasteiger partial charge on any atom is -0.398 e. The summed E-state index contributed by atoms with van der Waals surface area (Å²) in [5, 5.41) is 9.74. The van der Waals surface area contributed by atoms with Gasteiger partial charge in [0, 0.05) is 13.1 Å². The molecular formula is C14H22N2O3S. The van der Waals surface area contributed by atoms with E-state index >= 15 is 0 Å². The fourth-order valence-corrected chi connectivity index (χ4v) is 4.54. The summed E-state index contributed by atoms with van der Waals surface area (Å²) >= 11 is 0. The van der Waals surface area contributed by atoms with Crippen molar-refractivity contribution < 1.29 is 13.5 Å². The van der Waals surface area contributed by atoms with Gasteiger partial charge in [-0.05, 0) is 43.4 Å². The summed E-state index contributed by atoms with van der Waals surface area (Å²) in [4.78, 5) is 0.209. The highest BCUT2D eigenvalue weighted by Gasteiger charge is 2.34. The van der Waals surface area contributed by atoms with Crippen LogP contribution in [0, 0.1) is 19.8 Å². The predicted octanol–water partition coefficient (Wildman–Crippen LogP) is 1.28. The number of hydrogen-bond donors (Lipinski definition) is 2. The average Bonchev–Trinajstić information content (AvgIpc) is 2.37. The first-order valence-corrected chi connectivity index (χ1v) is 8.23. The second kappa shape index (κ2) is 5.35. The van der Waals surface area contributed by atoms with Crippen LogP contribution in [0.5, 0.6) is 0 Å². The summed E-state index contributed by atoms with van der Waals surface area (Å²) < 4.78 is 27.0. The summed E-state index contributed by atoms with van der Waals surface area (Å²) in [5.74, 6) is -0.0649. The number of rotatable bonds is 2. The smallest absolute Gasteiger partial charge is 0.245 e. The van der Waals surface area contributed by atoms with Crippen molar-refractivity contribution in [2.75, 3.05) is 18.8 Å². The fourth-order valence-electron chi connectivity index (χ4n) is 2.60. The van der Waals surface area contributed by atoms with Gasteiger partial charge in [-0.1, -0.05) is 13.0 Å². The number of piperidine rings is 1. The molecule has 1 heterocycles. The Kier molecular flexibility index (Phi) is 4.09. The first kappa shape index (κ1) is 15.3. The zero-order valence-corrected chi connectivity index (χ0v) is 12.9. The molecule has 1 aliphatic rings. The van der Waals surface area contributed by atoms with Crippen molar-refractivity contribution in [1.82, 2.24) is 4.31 Å². The molecule has 0 bridgehead atoms. The second-order valence-corrected chi connectivity index (χ2v) is 7.50. The van der Waals surface area contributed by atoms with Crippen LogP contribution in [-0.2, 0) is 10.0 Å². The van der Waals surface area contributed by atoms with E-state index in [0.29, 0.717) is 25.1 Å². The maximum atomic E-state index is 12.8. The highest BCUT2D eigenvalue weighted by atomic mass is 32.2. The standard InChI is InChI=1S/C14H22N2O3S/c1-9-4-5-12(15)14(11(9)3)20(18,19)16-7-6-13(17)10(2)8-16/h4-5,10,13,17H,6-8,15H2,1-3H3. The van der Waals surface area contributed by atoms with Crippen molar-refractivity contribution in [3.05, 3.63) is 23.3 Å². The molecule has 0 radical (unpaired) electrons. The number of benzene rings is 1. The van der Waals surface area contributed by atoms with Gasteiger partial charge in [0.05, 0.1) is 11.8 Å². The summed E-state index contributed by atoms with van der Waals surface area (Å²) in [6.07, 6.45) is 0.0305. The number of nitrogens with zero attached hydrogens (tertiary/aromatic N) is 1. The molecule has 2 unspecified atom stereocenters. The zero-order chi connectivity index (χ0) is 15.1. The van der Waals surface area contributed by atoms with E-state index in [1.54, 1.807) is 13.0 Å². The maximum Gasteiger partial charge on any atom is 0.245 e. The topological polar surface area (TPSA) is 83.6 Å². The second-order valence-electron chi connectivity index (χ2n) is 5.62. The summed E-state index contributed by atoms with van der Waals surface area (Å²) in [6.45, 7) is 6.17. The molecule has 112 valence electrons. The number of hydrogen-bond acceptors (Lipinski definition) is 4. The van der Waals surface area contributed by atoms with Gasteiger partial charge in [0.1, 0.15) is 4.90 Å². The van der Waals surface area contributed by atoms with Crippen molar-refractivity contribution in [3.63, 3.8) is 0 Å². The number of aliphatic hydroxyl groups is 1. The van der Waals surface area contributed by atoms with Crippen molar-refractivity contribution >= 4 is 15.7 Å². The molecular weight excluding hydrogens is 276 g/mol. The van der Waals surface area contributed by atoms with Gasteiger partial charge in [-0.3, -0.25) is 0 Å². The van der Waals surface area contributed by atoms with Gasteiger partial charge in [-0.2, -0.15) is 4.31 Å². The molecule has 5 nitrogen and oxygen atoms in total. The molecule has 0 spiro atoms. The Hall–Kier alpha value is -1.11. The summed E-state index contributed by atoms with van der Waals surface area (Å²) in [5.41, 5.74) is 7.78. The van der Waals surface area contributed by atoms with E-state index in [2.05, 4.69) is 0 Å². The molecule has 0 amide bonds. The van der Waals surface area contributed by atoms with Crippen LogP contribution < -0.4 is 5.73 Å². The van der Waals surface area contributed by atoms with E-state index in [0.717, 1.165) is 5.56 Å². The average molecular weight is 298 g/mol. The van der Waals surface area contributed by atoms with Crippen molar-refractivity contribution in [1.29, 1.82) is 0 Å². The van der Waals surface area contributed by atoms with Gasteiger partial charge in [0.25, 0.3) is 0 Å². The lowest BCUT2D eigenvalue weighted by Gasteiger charge is -2.34. The Morgan fingerprint density at radius 3 is 2.60 bits per heavy atom. The molecule has 1 aromatic rings. The van der Waals surface area contributed by atoms with Crippen LogP contribution in [-0.4, -0.2) is 37.0 Å². The minimum absolute atomic E-state index is 0.0649. The van der Waals surface area contributed by atoms with Crippen LogP contribution in [0.25, 0.3) is 0 Å². The lowest BCUT2D eigenvalue weighted by atomic mass is 9.99. The van der Waals surface area contributed by atoms with E-state index in [1.807, 2.05) is 19.9 Å². The SMILES string of the molecule is Cc1ccc(N)c(S(=O)(=O)N2CCC(O)C(C)C2)c1C. The van der Waals surface area contributed by atoms with Crippen molar-refractivity contribution in [2.45, 2.75) is 38.2 Å². The lowest BCUT2D eigenvalue weighted by Crippen LogP contribution is -2.45. The van der Waals surface area contributed by atoms with Crippen LogP contribution >= 0.6 is 0 Å². The summed E-state index contributed by atoms with van der Waals surface area (Å²) in [6, 6.07) is 3.46. The third-order valence-corrected chi connectivity index (χ3v) is 6.20. The number of aliphatic hydroxyl groups excluding tert-OH is 1. The largest absolute Gasteiger partial charge is 0.398 e. The third kappa shape index (κ3) is 2.55. The molecule has 2 rings (SSSR count). The molecule has 3 N–H and O–H groups in total. The van der Waals surface area contributed by atoms with Crippen LogP contribution in [0.2, 0.25) is 0 Å². The van der Waals surface area contributed by atoms with Gasteiger partial charge in [-0.25, -0.2) is 8.42 Å². The fraction of sp³-hybridized carbons (Fsp3) is 0.571.